The first kappa shape index (κ1) is 12.6. The van der Waals surface area contributed by atoms with E-state index in [0.717, 1.165) is 16.0 Å². The third kappa shape index (κ3) is 2.68. The van der Waals surface area contributed by atoms with Crippen molar-refractivity contribution in [2.45, 2.75) is 19.4 Å². The first-order valence-corrected chi connectivity index (χ1v) is 6.47. The molecule has 90 valence electrons. The molecule has 0 radical (unpaired) electrons. The molecule has 0 unspecified atom stereocenters. The van der Waals surface area contributed by atoms with Crippen molar-refractivity contribution in [3.8, 4) is 10.4 Å². The Labute approximate surface area is 109 Å². The summed E-state index contributed by atoms with van der Waals surface area (Å²) in [5.41, 5.74) is 7.64. The second kappa shape index (κ2) is 4.41. The number of rotatable bonds is 2. The van der Waals surface area contributed by atoms with E-state index >= 15 is 0 Å². The molecule has 4 heteroatoms. The van der Waals surface area contributed by atoms with E-state index in [-0.39, 0.29) is 10.6 Å². The average molecular weight is 270 g/mol. The molecule has 1 aromatic heterocycles. The monoisotopic (exact) mass is 269 g/mol. The van der Waals surface area contributed by atoms with Gasteiger partial charge in [-0.1, -0.05) is 17.7 Å². The fourth-order valence-electron chi connectivity index (χ4n) is 1.47. The van der Waals surface area contributed by atoms with Gasteiger partial charge in [-0.2, -0.15) is 0 Å². The molecule has 0 spiro atoms. The number of halogens is 2. The normalized spacial score (nSPS) is 11.8. The van der Waals surface area contributed by atoms with Crippen LogP contribution in [0, 0.1) is 5.82 Å². The molecule has 0 bridgehead atoms. The fourth-order valence-corrected chi connectivity index (χ4v) is 2.74. The first-order valence-electron chi connectivity index (χ1n) is 5.21. The third-order valence-corrected chi connectivity index (χ3v) is 3.82. The van der Waals surface area contributed by atoms with Crippen molar-refractivity contribution in [1.82, 2.24) is 0 Å². The van der Waals surface area contributed by atoms with Crippen molar-refractivity contribution in [3.05, 3.63) is 46.0 Å². The van der Waals surface area contributed by atoms with Crippen molar-refractivity contribution >= 4 is 22.9 Å². The van der Waals surface area contributed by atoms with Crippen LogP contribution in [0.4, 0.5) is 4.39 Å². The number of thiophene rings is 1. The van der Waals surface area contributed by atoms with E-state index in [1.165, 1.54) is 6.07 Å². The van der Waals surface area contributed by atoms with Gasteiger partial charge in [0.1, 0.15) is 5.82 Å². The third-order valence-electron chi connectivity index (χ3n) is 2.55. The summed E-state index contributed by atoms with van der Waals surface area (Å²) in [5.74, 6) is -0.397. The van der Waals surface area contributed by atoms with E-state index in [1.807, 2.05) is 25.3 Å². The lowest BCUT2D eigenvalue weighted by Crippen LogP contribution is -2.27. The van der Waals surface area contributed by atoms with Gasteiger partial charge in [-0.25, -0.2) is 4.39 Å². The second-order valence-corrected chi connectivity index (χ2v) is 5.87. The maximum atomic E-state index is 13.1. The lowest BCUT2D eigenvalue weighted by atomic mass is 9.98. The van der Waals surface area contributed by atoms with Crippen molar-refractivity contribution in [3.63, 3.8) is 0 Å². The minimum atomic E-state index is -0.397. The minimum absolute atomic E-state index is 0.143. The Hall–Kier alpha value is -0.900. The van der Waals surface area contributed by atoms with Crippen LogP contribution < -0.4 is 5.73 Å². The molecule has 0 amide bonds. The van der Waals surface area contributed by atoms with E-state index in [0.29, 0.717) is 0 Å². The Morgan fingerprint density at radius 3 is 2.53 bits per heavy atom. The van der Waals surface area contributed by atoms with E-state index in [4.69, 9.17) is 17.3 Å². The van der Waals surface area contributed by atoms with Gasteiger partial charge in [0.25, 0.3) is 0 Å². The Bertz CT molecular complexity index is 543. The molecule has 0 saturated carbocycles. The molecule has 2 N–H and O–H groups in total. The van der Waals surface area contributed by atoms with Gasteiger partial charge in [0.2, 0.25) is 0 Å². The SMILES string of the molecule is CC(C)(N)c1csc(-c2ccc(F)c(Cl)c2)c1. The lowest BCUT2D eigenvalue weighted by molar-refractivity contribution is 0.557. The van der Waals surface area contributed by atoms with Gasteiger partial charge >= 0.3 is 0 Å². The van der Waals surface area contributed by atoms with Gasteiger partial charge in [-0.3, -0.25) is 0 Å². The highest BCUT2D eigenvalue weighted by molar-refractivity contribution is 7.13. The second-order valence-electron chi connectivity index (χ2n) is 4.55. The quantitative estimate of drug-likeness (QED) is 0.859. The highest BCUT2D eigenvalue weighted by Crippen LogP contribution is 2.32. The van der Waals surface area contributed by atoms with Crippen LogP contribution in [-0.2, 0) is 5.54 Å². The lowest BCUT2D eigenvalue weighted by Gasteiger charge is -2.16. The van der Waals surface area contributed by atoms with Crippen LogP contribution in [0.5, 0.6) is 0 Å². The molecule has 1 nitrogen and oxygen atoms in total. The van der Waals surface area contributed by atoms with Gasteiger partial charge in [0, 0.05) is 10.4 Å². The van der Waals surface area contributed by atoms with Gasteiger partial charge < -0.3 is 5.73 Å². The molecule has 2 aromatic rings. The molecule has 0 aliphatic heterocycles. The predicted octanol–water partition coefficient (Wildman–Crippen LogP) is 4.40. The molecule has 1 aromatic carbocycles. The van der Waals surface area contributed by atoms with Gasteiger partial charge in [-0.05, 0) is 48.6 Å². The van der Waals surface area contributed by atoms with Crippen LogP contribution in [0.15, 0.2) is 29.6 Å². The largest absolute Gasteiger partial charge is 0.322 e. The van der Waals surface area contributed by atoms with E-state index in [1.54, 1.807) is 23.5 Å². The van der Waals surface area contributed by atoms with Gasteiger partial charge in [0.15, 0.2) is 0 Å². The van der Waals surface area contributed by atoms with E-state index in [9.17, 15) is 4.39 Å². The van der Waals surface area contributed by atoms with Crippen LogP contribution in [0.25, 0.3) is 10.4 Å². The molecule has 17 heavy (non-hydrogen) atoms. The Morgan fingerprint density at radius 1 is 1.29 bits per heavy atom. The zero-order valence-corrected chi connectivity index (χ0v) is 11.2. The molecule has 1 heterocycles. The van der Waals surface area contributed by atoms with Crippen LogP contribution in [0.2, 0.25) is 5.02 Å². The van der Waals surface area contributed by atoms with Crippen molar-refractivity contribution in [2.75, 3.05) is 0 Å². The number of nitrogens with two attached hydrogens (primary N) is 1. The summed E-state index contributed by atoms with van der Waals surface area (Å²) >= 11 is 7.35. The molecule has 2 rings (SSSR count). The van der Waals surface area contributed by atoms with Gasteiger partial charge in [0.05, 0.1) is 5.02 Å². The number of benzene rings is 1. The summed E-state index contributed by atoms with van der Waals surface area (Å²) in [6.07, 6.45) is 0. The summed E-state index contributed by atoms with van der Waals surface area (Å²) in [5, 5.41) is 2.16. The van der Waals surface area contributed by atoms with E-state index < -0.39 is 5.82 Å². The summed E-state index contributed by atoms with van der Waals surface area (Å²) < 4.78 is 13.1. The zero-order valence-electron chi connectivity index (χ0n) is 9.63. The van der Waals surface area contributed by atoms with Crippen LogP contribution in [-0.4, -0.2) is 0 Å². The average Bonchev–Trinajstić information content (AvgIpc) is 2.70. The number of hydrogen-bond donors (Lipinski definition) is 1. The standard InChI is InChI=1S/C13H13ClFNS/c1-13(2,16)9-6-12(17-7-9)8-3-4-11(15)10(14)5-8/h3-7H,16H2,1-2H3. The fraction of sp³-hybridized carbons (Fsp3) is 0.231. The molecule has 0 aliphatic rings. The first-order chi connectivity index (χ1) is 7.88. The number of hydrogen-bond acceptors (Lipinski definition) is 2. The van der Waals surface area contributed by atoms with Crippen molar-refractivity contribution < 1.29 is 4.39 Å². The zero-order chi connectivity index (χ0) is 12.6. The Kier molecular flexibility index (Phi) is 3.25. The maximum Gasteiger partial charge on any atom is 0.141 e. The smallest absolute Gasteiger partial charge is 0.141 e. The summed E-state index contributed by atoms with van der Waals surface area (Å²) in [6, 6.07) is 6.76. The summed E-state index contributed by atoms with van der Waals surface area (Å²) in [4.78, 5) is 1.04. The van der Waals surface area contributed by atoms with Crippen LogP contribution in [0.3, 0.4) is 0 Å². The molecule has 0 atom stereocenters. The minimum Gasteiger partial charge on any atom is -0.322 e. The van der Waals surface area contributed by atoms with E-state index in [2.05, 4.69) is 0 Å². The van der Waals surface area contributed by atoms with Crippen molar-refractivity contribution in [1.29, 1.82) is 0 Å². The summed E-state index contributed by atoms with van der Waals surface area (Å²) in [7, 11) is 0. The molecule has 0 aliphatic carbocycles. The highest BCUT2D eigenvalue weighted by atomic mass is 35.5. The molecular weight excluding hydrogens is 257 g/mol. The van der Waals surface area contributed by atoms with Gasteiger partial charge in [-0.15, -0.1) is 11.3 Å². The molecular formula is C13H13ClFNS. The Morgan fingerprint density at radius 2 is 2.00 bits per heavy atom. The van der Waals surface area contributed by atoms with Crippen LogP contribution in [0.1, 0.15) is 19.4 Å². The Balaban J connectivity index is 2.40. The van der Waals surface area contributed by atoms with Crippen LogP contribution >= 0.6 is 22.9 Å². The summed E-state index contributed by atoms with van der Waals surface area (Å²) in [6.45, 7) is 3.91. The topological polar surface area (TPSA) is 26.0 Å². The maximum absolute atomic E-state index is 13.1. The predicted molar refractivity (Wildman–Crippen MR) is 71.9 cm³/mol. The highest BCUT2D eigenvalue weighted by Gasteiger charge is 2.16. The molecule has 0 fully saturated rings. The molecule has 0 saturated heterocycles. The van der Waals surface area contributed by atoms with Crippen molar-refractivity contribution in [2.24, 2.45) is 5.73 Å².